The van der Waals surface area contributed by atoms with E-state index in [0.29, 0.717) is 32.1 Å². The third-order valence-corrected chi connectivity index (χ3v) is 11.0. The molecule has 0 unspecified atom stereocenters. The molecule has 298 valence electrons. The normalized spacial score (nSPS) is 32.6. The molecule has 0 spiro atoms. The minimum absolute atomic E-state index is 0.0417. The Hall–Kier alpha value is -2.81. The molecule has 0 radical (unpaired) electrons. The van der Waals surface area contributed by atoms with E-state index in [0.717, 1.165) is 64.2 Å². The summed E-state index contributed by atoms with van der Waals surface area (Å²) in [4.78, 5) is 71.2. The molecule has 3 rings (SSSR count). The van der Waals surface area contributed by atoms with Gasteiger partial charge in [0, 0.05) is 25.7 Å². The van der Waals surface area contributed by atoms with Gasteiger partial charge in [0.15, 0.2) is 0 Å². The van der Waals surface area contributed by atoms with E-state index in [1.54, 1.807) is 14.0 Å². The van der Waals surface area contributed by atoms with Crippen LogP contribution in [-0.2, 0) is 33.4 Å². The van der Waals surface area contributed by atoms with Crippen molar-refractivity contribution < 1.29 is 33.4 Å². The highest BCUT2D eigenvalue weighted by Crippen LogP contribution is 2.27. The van der Waals surface area contributed by atoms with Gasteiger partial charge >= 0.3 is 0 Å². The van der Waals surface area contributed by atoms with Gasteiger partial charge in [0.1, 0.15) is 24.2 Å². The summed E-state index contributed by atoms with van der Waals surface area (Å²) < 4.78 is 12.3. The predicted octanol–water partition coefficient (Wildman–Crippen LogP) is 2.01. The van der Waals surface area contributed by atoms with Gasteiger partial charge in [-0.1, -0.05) is 78.6 Å². The van der Waals surface area contributed by atoms with Gasteiger partial charge < -0.3 is 47.1 Å². The maximum atomic E-state index is 14.1. The first-order chi connectivity index (χ1) is 24.9. The van der Waals surface area contributed by atoms with E-state index in [1.807, 2.05) is 13.8 Å². The number of unbranched alkanes of at least 4 members (excludes halogenated alkanes) is 3. The summed E-state index contributed by atoms with van der Waals surface area (Å²) in [6, 6.07) is -4.41. The highest BCUT2D eigenvalue weighted by atomic mass is 16.5. The summed E-state index contributed by atoms with van der Waals surface area (Å²) in [5, 5.41) is 11.5. The van der Waals surface area contributed by atoms with Crippen molar-refractivity contribution in [1.82, 2.24) is 26.2 Å². The molecule has 0 aromatic carbocycles. The molecule has 1 aliphatic heterocycles. The topological polar surface area (TPSA) is 207 Å². The van der Waals surface area contributed by atoms with E-state index in [2.05, 4.69) is 28.2 Å². The molecule has 14 heteroatoms. The van der Waals surface area contributed by atoms with Gasteiger partial charge in [0.05, 0.1) is 31.3 Å². The quantitative estimate of drug-likeness (QED) is 0.128. The van der Waals surface area contributed by atoms with Crippen molar-refractivity contribution in [2.24, 2.45) is 23.3 Å². The standard InChI is InChI=1S/C38H69N7O7/c1-6-8-9-14-18-32-25(4)38(50)45(5)31(15-7-2)36(48)44-33(26-16-12-10-11-13-17-26)37(49)42-29(21-39)34(46)43-30(23-51-28-19-27(40)20-28)35(47)41-24(3)22-52-32/h24-33H,6-23,39-40H2,1-5H3,(H,41,47)(H,42,49)(H,43,46)(H,44,48)/t24-,25-,27?,28?,29+,30+,31+,32-,33+/m1/s1. The zero-order valence-corrected chi connectivity index (χ0v) is 32.5. The average Bonchev–Trinajstić information content (AvgIpc) is 3.40. The van der Waals surface area contributed by atoms with E-state index in [9.17, 15) is 24.0 Å². The molecule has 0 aromatic heterocycles. The van der Waals surface area contributed by atoms with Gasteiger partial charge in [-0.25, -0.2) is 0 Å². The first kappa shape index (κ1) is 43.6. The number of likely N-dealkylation sites (N-methyl/N-ethyl adjacent to an activating group) is 1. The molecule has 0 aromatic rings. The zero-order chi connectivity index (χ0) is 38.2. The predicted molar refractivity (Wildman–Crippen MR) is 200 cm³/mol. The fraction of sp³-hybridized carbons (Fsp3) is 0.868. The monoisotopic (exact) mass is 736 g/mol. The molecule has 3 fully saturated rings. The molecule has 0 bridgehead atoms. The highest BCUT2D eigenvalue weighted by molar-refractivity contribution is 5.96. The van der Waals surface area contributed by atoms with Crippen LogP contribution >= 0.6 is 0 Å². The number of amides is 5. The first-order valence-electron chi connectivity index (χ1n) is 20.1. The van der Waals surface area contributed by atoms with Gasteiger partial charge in [-0.3, -0.25) is 24.0 Å². The molecular formula is C38H69N7O7. The van der Waals surface area contributed by atoms with Crippen molar-refractivity contribution in [2.45, 2.75) is 172 Å². The van der Waals surface area contributed by atoms with Crippen molar-refractivity contribution in [1.29, 1.82) is 0 Å². The number of nitrogens with zero attached hydrogens (tertiary/aromatic N) is 1. The van der Waals surface area contributed by atoms with Crippen molar-refractivity contribution in [2.75, 3.05) is 26.8 Å². The number of nitrogens with two attached hydrogens (primary N) is 2. The summed E-state index contributed by atoms with van der Waals surface area (Å²) >= 11 is 0. The van der Waals surface area contributed by atoms with Crippen molar-refractivity contribution in [3.05, 3.63) is 0 Å². The van der Waals surface area contributed by atoms with Crippen LogP contribution in [0, 0.1) is 11.8 Å². The SMILES string of the molecule is CCCCCC[C@H]1OC[C@@H](C)NC(=O)[C@H](COC2CC(N)C2)NC(=O)[C@H](CN)NC(=O)[C@H](C2CCCCCC2)NC(=O)[C@H](CCC)N(C)C(=O)[C@@H]1C. The second-order valence-corrected chi connectivity index (χ2v) is 15.5. The number of carbonyl (C=O) groups excluding carboxylic acids is 5. The van der Waals surface area contributed by atoms with Crippen LogP contribution in [-0.4, -0.2) is 110 Å². The zero-order valence-electron chi connectivity index (χ0n) is 32.5. The van der Waals surface area contributed by atoms with Crippen molar-refractivity contribution >= 4 is 29.5 Å². The summed E-state index contributed by atoms with van der Waals surface area (Å²) in [6.07, 6.45) is 11.9. The second kappa shape index (κ2) is 22.4. The van der Waals surface area contributed by atoms with Crippen LogP contribution in [0.3, 0.4) is 0 Å². The summed E-state index contributed by atoms with van der Waals surface area (Å²) in [5.74, 6) is -2.97. The fourth-order valence-electron chi connectivity index (χ4n) is 7.53. The molecule has 14 nitrogen and oxygen atoms in total. The molecule has 8 N–H and O–H groups in total. The van der Waals surface area contributed by atoms with Gasteiger partial charge in [-0.05, 0) is 51.4 Å². The Morgan fingerprint density at radius 2 is 1.44 bits per heavy atom. The lowest BCUT2D eigenvalue weighted by atomic mass is 9.90. The lowest BCUT2D eigenvalue weighted by Gasteiger charge is -2.34. The molecule has 2 saturated carbocycles. The van der Waals surface area contributed by atoms with Crippen LogP contribution in [0.2, 0.25) is 0 Å². The van der Waals surface area contributed by atoms with Gasteiger partial charge in [0.2, 0.25) is 29.5 Å². The molecule has 2 aliphatic carbocycles. The smallest absolute Gasteiger partial charge is 0.245 e. The Morgan fingerprint density at radius 1 is 0.788 bits per heavy atom. The van der Waals surface area contributed by atoms with E-state index < -0.39 is 65.9 Å². The van der Waals surface area contributed by atoms with Crippen molar-refractivity contribution in [3.8, 4) is 0 Å². The molecule has 52 heavy (non-hydrogen) atoms. The molecule has 3 aliphatic rings. The van der Waals surface area contributed by atoms with E-state index >= 15 is 0 Å². The Morgan fingerprint density at radius 3 is 2.06 bits per heavy atom. The van der Waals surface area contributed by atoms with E-state index in [-0.39, 0.29) is 43.7 Å². The number of ether oxygens (including phenoxy) is 2. The Bertz CT molecular complexity index is 1140. The van der Waals surface area contributed by atoms with Gasteiger partial charge in [-0.15, -0.1) is 0 Å². The third kappa shape index (κ3) is 13.2. The van der Waals surface area contributed by atoms with Crippen LogP contribution in [0.5, 0.6) is 0 Å². The number of hydrogen-bond acceptors (Lipinski definition) is 9. The molecule has 1 saturated heterocycles. The maximum Gasteiger partial charge on any atom is 0.245 e. The minimum Gasteiger partial charge on any atom is -0.375 e. The van der Waals surface area contributed by atoms with Crippen LogP contribution in [0.15, 0.2) is 0 Å². The highest BCUT2D eigenvalue weighted by Gasteiger charge is 2.38. The maximum absolute atomic E-state index is 14.1. The van der Waals surface area contributed by atoms with Crippen molar-refractivity contribution in [3.63, 3.8) is 0 Å². The van der Waals surface area contributed by atoms with Gasteiger partial charge in [0.25, 0.3) is 0 Å². The van der Waals surface area contributed by atoms with E-state index in [4.69, 9.17) is 20.9 Å². The largest absolute Gasteiger partial charge is 0.375 e. The van der Waals surface area contributed by atoms with Crippen LogP contribution in [0.4, 0.5) is 0 Å². The minimum atomic E-state index is -1.17. The third-order valence-electron chi connectivity index (χ3n) is 11.0. The number of rotatable bonds is 12. The first-order valence-corrected chi connectivity index (χ1v) is 20.1. The molecule has 7 atom stereocenters. The second-order valence-electron chi connectivity index (χ2n) is 15.5. The summed E-state index contributed by atoms with van der Waals surface area (Å²) in [5.41, 5.74) is 12.0. The Labute approximate surface area is 311 Å². The number of carbonyl (C=O) groups is 5. The fourth-order valence-corrected chi connectivity index (χ4v) is 7.53. The lowest BCUT2D eigenvalue weighted by molar-refractivity contribution is -0.147. The average molecular weight is 736 g/mol. The van der Waals surface area contributed by atoms with Crippen LogP contribution in [0.25, 0.3) is 0 Å². The van der Waals surface area contributed by atoms with Gasteiger partial charge in [-0.2, -0.15) is 0 Å². The molecular weight excluding hydrogens is 666 g/mol. The molecule has 5 amide bonds. The Balaban J connectivity index is 1.97. The lowest BCUT2D eigenvalue weighted by Crippen LogP contribution is -2.62. The summed E-state index contributed by atoms with van der Waals surface area (Å²) in [6.45, 7) is 7.54. The number of hydrogen-bond donors (Lipinski definition) is 6. The van der Waals surface area contributed by atoms with Crippen LogP contribution in [0.1, 0.15) is 124 Å². The Kier molecular flexibility index (Phi) is 18.8. The van der Waals surface area contributed by atoms with Crippen LogP contribution < -0.4 is 32.7 Å². The summed E-state index contributed by atoms with van der Waals surface area (Å²) in [7, 11) is 1.65. The number of nitrogens with one attached hydrogen (secondary N) is 4. The van der Waals surface area contributed by atoms with E-state index in [1.165, 1.54) is 4.90 Å². The molecule has 1 heterocycles.